The SMILES string of the molecule is OC1CCc2cc(Br)cc(Cl)c21. The smallest absolute Gasteiger partial charge is 0.0810 e. The van der Waals surface area contributed by atoms with Crippen LogP contribution < -0.4 is 0 Å². The van der Waals surface area contributed by atoms with Crippen LogP contribution in [0.3, 0.4) is 0 Å². The average molecular weight is 248 g/mol. The molecule has 3 heteroatoms. The van der Waals surface area contributed by atoms with E-state index in [1.54, 1.807) is 0 Å². The lowest BCUT2D eigenvalue weighted by Gasteiger charge is -2.06. The molecule has 1 aliphatic rings. The van der Waals surface area contributed by atoms with Crippen molar-refractivity contribution < 1.29 is 5.11 Å². The third kappa shape index (κ3) is 1.28. The van der Waals surface area contributed by atoms with Gasteiger partial charge in [0.25, 0.3) is 0 Å². The Bertz CT molecular complexity index is 325. The van der Waals surface area contributed by atoms with Crippen molar-refractivity contribution in [3.05, 3.63) is 32.8 Å². The van der Waals surface area contributed by atoms with Gasteiger partial charge in [0.15, 0.2) is 0 Å². The lowest BCUT2D eigenvalue weighted by atomic mass is 10.1. The molecule has 0 fully saturated rings. The van der Waals surface area contributed by atoms with E-state index >= 15 is 0 Å². The van der Waals surface area contributed by atoms with Crippen molar-refractivity contribution in [2.45, 2.75) is 18.9 Å². The molecule has 2 rings (SSSR count). The minimum absolute atomic E-state index is 0.361. The highest BCUT2D eigenvalue weighted by Gasteiger charge is 2.23. The first-order valence-corrected chi connectivity index (χ1v) is 5.01. The van der Waals surface area contributed by atoms with Gasteiger partial charge in [0, 0.05) is 15.1 Å². The highest BCUT2D eigenvalue weighted by Crippen LogP contribution is 2.38. The van der Waals surface area contributed by atoms with Gasteiger partial charge < -0.3 is 5.11 Å². The minimum atomic E-state index is -0.361. The van der Waals surface area contributed by atoms with Crippen molar-refractivity contribution in [1.29, 1.82) is 0 Å². The molecule has 1 aliphatic carbocycles. The summed E-state index contributed by atoms with van der Waals surface area (Å²) in [4.78, 5) is 0. The normalized spacial score (nSPS) is 21.1. The largest absolute Gasteiger partial charge is 0.388 e. The highest BCUT2D eigenvalue weighted by atomic mass is 79.9. The summed E-state index contributed by atoms with van der Waals surface area (Å²) in [6.07, 6.45) is 1.36. The molecule has 1 unspecified atom stereocenters. The van der Waals surface area contributed by atoms with Gasteiger partial charge in [-0.05, 0) is 30.5 Å². The second kappa shape index (κ2) is 3.02. The molecule has 0 saturated carbocycles. The van der Waals surface area contributed by atoms with E-state index < -0.39 is 0 Å². The van der Waals surface area contributed by atoms with Crippen molar-refractivity contribution in [2.24, 2.45) is 0 Å². The van der Waals surface area contributed by atoms with Crippen LogP contribution in [0.25, 0.3) is 0 Å². The van der Waals surface area contributed by atoms with Gasteiger partial charge in [-0.25, -0.2) is 0 Å². The van der Waals surface area contributed by atoms with Gasteiger partial charge in [0.05, 0.1) is 6.10 Å². The number of halogens is 2. The van der Waals surface area contributed by atoms with Crippen LogP contribution in [0.15, 0.2) is 16.6 Å². The van der Waals surface area contributed by atoms with Crippen LogP contribution in [-0.2, 0) is 6.42 Å². The van der Waals surface area contributed by atoms with E-state index in [9.17, 15) is 5.11 Å². The zero-order valence-corrected chi connectivity index (χ0v) is 8.69. The fourth-order valence-electron chi connectivity index (χ4n) is 1.65. The zero-order valence-electron chi connectivity index (χ0n) is 6.35. The van der Waals surface area contributed by atoms with Gasteiger partial charge in [-0.15, -0.1) is 0 Å². The summed E-state index contributed by atoms with van der Waals surface area (Å²) < 4.78 is 0.986. The minimum Gasteiger partial charge on any atom is -0.388 e. The van der Waals surface area contributed by atoms with Crippen LogP contribution in [0.4, 0.5) is 0 Å². The summed E-state index contributed by atoms with van der Waals surface area (Å²) in [6, 6.07) is 3.85. The monoisotopic (exact) mass is 246 g/mol. The van der Waals surface area contributed by atoms with E-state index in [1.807, 2.05) is 12.1 Å². The first kappa shape index (κ1) is 8.54. The number of fused-ring (bicyclic) bond motifs is 1. The second-order valence-corrected chi connectivity index (χ2v) is 4.34. The van der Waals surface area contributed by atoms with Gasteiger partial charge in [-0.1, -0.05) is 27.5 Å². The number of rotatable bonds is 0. The van der Waals surface area contributed by atoms with E-state index in [0.717, 1.165) is 22.9 Å². The maximum Gasteiger partial charge on any atom is 0.0810 e. The molecule has 1 nitrogen and oxygen atoms in total. The van der Waals surface area contributed by atoms with Gasteiger partial charge in [0.2, 0.25) is 0 Å². The maximum atomic E-state index is 9.55. The number of hydrogen-bond acceptors (Lipinski definition) is 1. The first-order valence-electron chi connectivity index (χ1n) is 3.84. The van der Waals surface area contributed by atoms with Crippen molar-refractivity contribution >= 4 is 27.5 Å². The molecule has 1 aromatic rings. The first-order chi connectivity index (χ1) is 5.68. The molecule has 1 aromatic carbocycles. The second-order valence-electron chi connectivity index (χ2n) is 3.01. The highest BCUT2D eigenvalue weighted by molar-refractivity contribution is 9.10. The van der Waals surface area contributed by atoms with E-state index in [1.165, 1.54) is 5.56 Å². The molecule has 0 saturated heterocycles. The van der Waals surface area contributed by atoms with E-state index in [4.69, 9.17) is 11.6 Å². The Morgan fingerprint density at radius 2 is 2.25 bits per heavy atom. The average Bonchev–Trinajstić information content (AvgIpc) is 2.31. The van der Waals surface area contributed by atoms with Crippen molar-refractivity contribution in [3.63, 3.8) is 0 Å². The van der Waals surface area contributed by atoms with Gasteiger partial charge in [-0.2, -0.15) is 0 Å². The molecule has 0 heterocycles. The number of aryl methyl sites for hydroxylation is 1. The van der Waals surface area contributed by atoms with Crippen LogP contribution in [0.1, 0.15) is 23.7 Å². The summed E-state index contributed by atoms with van der Waals surface area (Å²) in [5.41, 5.74) is 2.08. The van der Waals surface area contributed by atoms with Crippen LogP contribution >= 0.6 is 27.5 Å². The third-order valence-electron chi connectivity index (χ3n) is 2.20. The predicted molar refractivity (Wildman–Crippen MR) is 52.4 cm³/mol. The zero-order chi connectivity index (χ0) is 8.72. The molecule has 12 heavy (non-hydrogen) atoms. The van der Waals surface area contributed by atoms with E-state index in [-0.39, 0.29) is 6.10 Å². The lowest BCUT2D eigenvalue weighted by Crippen LogP contribution is -1.91. The number of hydrogen-bond donors (Lipinski definition) is 1. The van der Waals surface area contributed by atoms with Crippen LogP contribution in [0, 0.1) is 0 Å². The van der Waals surface area contributed by atoms with Crippen molar-refractivity contribution in [2.75, 3.05) is 0 Å². The Kier molecular flexibility index (Phi) is 2.15. The standard InChI is InChI=1S/C9H8BrClO/c10-6-3-5-1-2-8(12)9(5)7(11)4-6/h3-4,8,12H,1-2H2. The van der Waals surface area contributed by atoms with Crippen LogP contribution in [-0.4, -0.2) is 5.11 Å². The molecule has 0 radical (unpaired) electrons. The van der Waals surface area contributed by atoms with Gasteiger partial charge >= 0.3 is 0 Å². The van der Waals surface area contributed by atoms with Gasteiger partial charge in [0.1, 0.15) is 0 Å². The van der Waals surface area contributed by atoms with Gasteiger partial charge in [-0.3, -0.25) is 0 Å². The predicted octanol–water partition coefficient (Wildman–Crippen LogP) is 3.08. The molecule has 0 spiro atoms. The Morgan fingerprint density at radius 3 is 3.00 bits per heavy atom. The maximum absolute atomic E-state index is 9.55. The quantitative estimate of drug-likeness (QED) is 0.747. The molecule has 1 atom stereocenters. The Hall–Kier alpha value is -0.0500. The molecular formula is C9H8BrClO. The van der Waals surface area contributed by atoms with E-state index in [0.29, 0.717) is 5.02 Å². The molecule has 0 bridgehead atoms. The summed E-state index contributed by atoms with van der Waals surface area (Å²) in [5.74, 6) is 0. The topological polar surface area (TPSA) is 20.2 Å². The Balaban J connectivity index is 2.60. The summed E-state index contributed by atoms with van der Waals surface area (Å²) in [6.45, 7) is 0. The van der Waals surface area contributed by atoms with Crippen molar-refractivity contribution in [1.82, 2.24) is 0 Å². The fourth-order valence-corrected chi connectivity index (χ4v) is 2.66. The number of aliphatic hydroxyl groups is 1. The summed E-state index contributed by atoms with van der Waals surface area (Å²) in [7, 11) is 0. The molecule has 64 valence electrons. The molecular weight excluding hydrogens is 239 g/mol. The fraction of sp³-hybridized carbons (Fsp3) is 0.333. The Morgan fingerprint density at radius 1 is 1.50 bits per heavy atom. The third-order valence-corrected chi connectivity index (χ3v) is 2.97. The van der Waals surface area contributed by atoms with Crippen molar-refractivity contribution in [3.8, 4) is 0 Å². The number of aliphatic hydroxyl groups excluding tert-OH is 1. The molecule has 0 amide bonds. The summed E-state index contributed by atoms with van der Waals surface area (Å²) >= 11 is 9.35. The summed E-state index contributed by atoms with van der Waals surface area (Å²) in [5, 5.41) is 10.2. The number of benzene rings is 1. The van der Waals surface area contributed by atoms with Crippen LogP contribution in [0.2, 0.25) is 5.02 Å². The molecule has 0 aromatic heterocycles. The molecule has 1 N–H and O–H groups in total. The lowest BCUT2D eigenvalue weighted by molar-refractivity contribution is 0.180. The van der Waals surface area contributed by atoms with E-state index in [2.05, 4.69) is 15.9 Å². The Labute approximate surface area is 84.5 Å². The van der Waals surface area contributed by atoms with Crippen LogP contribution in [0.5, 0.6) is 0 Å². The molecule has 0 aliphatic heterocycles.